The fraction of sp³-hybridized carbons (Fsp3) is 0.391. The molecule has 0 aromatic heterocycles. The Labute approximate surface area is 186 Å². The van der Waals surface area contributed by atoms with Crippen molar-refractivity contribution in [3.8, 4) is 0 Å². The number of nitro benzene ring substituents is 1. The van der Waals surface area contributed by atoms with E-state index in [1.807, 2.05) is 30.3 Å². The molecule has 2 aromatic rings. The van der Waals surface area contributed by atoms with Crippen LogP contribution in [-0.4, -0.2) is 59.4 Å². The van der Waals surface area contributed by atoms with Gasteiger partial charge in [0.05, 0.1) is 30.5 Å². The molecule has 0 spiro atoms. The Morgan fingerprint density at radius 3 is 2.56 bits per heavy atom. The van der Waals surface area contributed by atoms with Crippen LogP contribution in [0, 0.1) is 16.0 Å². The topological polar surface area (TPSA) is 117 Å². The number of β-amino-alcohol motifs (C(OH)–C–C–N with tert-alkyl or cyclic N) is 1. The highest BCUT2D eigenvalue weighted by Crippen LogP contribution is 2.18. The zero-order valence-corrected chi connectivity index (χ0v) is 17.8. The van der Waals surface area contributed by atoms with Crippen molar-refractivity contribution in [1.29, 1.82) is 0 Å². The number of non-ortho nitro benzene ring substituents is 1. The number of ether oxygens (including phenoxy) is 1. The van der Waals surface area contributed by atoms with Crippen LogP contribution in [0.25, 0.3) is 0 Å². The molecule has 9 nitrogen and oxygen atoms in total. The van der Waals surface area contributed by atoms with Gasteiger partial charge in [0.2, 0.25) is 5.91 Å². The molecule has 0 saturated carbocycles. The number of rotatable bonds is 10. The summed E-state index contributed by atoms with van der Waals surface area (Å²) in [4.78, 5) is 24.7. The van der Waals surface area contributed by atoms with Gasteiger partial charge in [-0.2, -0.15) is 5.10 Å². The van der Waals surface area contributed by atoms with E-state index >= 15 is 0 Å². The monoisotopic (exact) mass is 440 g/mol. The van der Waals surface area contributed by atoms with Crippen molar-refractivity contribution in [2.45, 2.75) is 25.6 Å². The number of carbonyl (C=O) groups is 1. The van der Waals surface area contributed by atoms with Crippen LogP contribution in [0.2, 0.25) is 0 Å². The molecule has 1 fully saturated rings. The SMILES string of the molecule is O=C(N/N=C/c1ccc([N+](=O)[O-])cc1)C1CCN(C[C@H](O)COCc2ccccc2)CC1. The van der Waals surface area contributed by atoms with Crippen LogP contribution in [-0.2, 0) is 16.1 Å². The van der Waals surface area contributed by atoms with Gasteiger partial charge < -0.3 is 14.7 Å². The number of hydrazone groups is 1. The van der Waals surface area contributed by atoms with Gasteiger partial charge in [-0.05, 0) is 49.2 Å². The van der Waals surface area contributed by atoms with E-state index in [1.54, 1.807) is 12.1 Å². The first-order valence-electron chi connectivity index (χ1n) is 10.6. The van der Waals surface area contributed by atoms with Crippen LogP contribution in [0.3, 0.4) is 0 Å². The minimum Gasteiger partial charge on any atom is -0.389 e. The number of aliphatic hydroxyl groups is 1. The second-order valence-corrected chi connectivity index (χ2v) is 7.81. The van der Waals surface area contributed by atoms with E-state index in [9.17, 15) is 20.0 Å². The first kappa shape index (κ1) is 23.5. The predicted octanol–water partition coefficient (Wildman–Crippen LogP) is 2.33. The molecule has 2 aromatic carbocycles. The van der Waals surface area contributed by atoms with E-state index in [0.717, 1.165) is 18.7 Å². The Kier molecular flexibility index (Phi) is 8.85. The summed E-state index contributed by atoms with van der Waals surface area (Å²) >= 11 is 0. The van der Waals surface area contributed by atoms with Gasteiger partial charge in [-0.3, -0.25) is 14.9 Å². The zero-order valence-electron chi connectivity index (χ0n) is 17.8. The Hall–Kier alpha value is -3.14. The molecule has 1 heterocycles. The fourth-order valence-electron chi connectivity index (χ4n) is 3.56. The smallest absolute Gasteiger partial charge is 0.269 e. The molecule has 1 saturated heterocycles. The average molecular weight is 441 g/mol. The van der Waals surface area contributed by atoms with E-state index in [1.165, 1.54) is 18.3 Å². The summed E-state index contributed by atoms with van der Waals surface area (Å²) in [6.45, 7) is 2.70. The number of carbonyl (C=O) groups excluding carboxylic acids is 1. The largest absolute Gasteiger partial charge is 0.389 e. The van der Waals surface area contributed by atoms with Crippen molar-refractivity contribution >= 4 is 17.8 Å². The number of nitrogens with one attached hydrogen (secondary N) is 1. The van der Waals surface area contributed by atoms with Gasteiger partial charge in [-0.25, -0.2) is 5.43 Å². The summed E-state index contributed by atoms with van der Waals surface area (Å²) in [5.41, 5.74) is 4.28. The molecular formula is C23H28N4O5. The van der Waals surface area contributed by atoms with Crippen LogP contribution in [0.1, 0.15) is 24.0 Å². The molecule has 9 heteroatoms. The van der Waals surface area contributed by atoms with Crippen LogP contribution in [0.4, 0.5) is 5.69 Å². The van der Waals surface area contributed by atoms with Crippen molar-refractivity contribution in [2.75, 3.05) is 26.2 Å². The van der Waals surface area contributed by atoms with E-state index in [-0.39, 0.29) is 24.1 Å². The third kappa shape index (κ3) is 7.52. The number of piperidine rings is 1. The van der Waals surface area contributed by atoms with Crippen molar-refractivity contribution in [2.24, 2.45) is 11.0 Å². The molecule has 1 aliphatic rings. The molecule has 1 atom stereocenters. The Morgan fingerprint density at radius 1 is 1.22 bits per heavy atom. The van der Waals surface area contributed by atoms with Crippen molar-refractivity contribution in [3.05, 3.63) is 75.8 Å². The van der Waals surface area contributed by atoms with Crippen molar-refractivity contribution in [3.63, 3.8) is 0 Å². The number of aliphatic hydroxyl groups excluding tert-OH is 1. The van der Waals surface area contributed by atoms with E-state index in [2.05, 4.69) is 15.4 Å². The third-order valence-corrected chi connectivity index (χ3v) is 5.34. The standard InChI is InChI=1S/C23H28N4O5/c28-22(17-32-16-19-4-2-1-3-5-19)15-26-12-10-20(11-13-26)23(29)25-24-14-18-6-8-21(9-7-18)27(30)31/h1-9,14,20,22,28H,10-13,15-17H2,(H,25,29)/b24-14+/t22-/m0/s1. The highest BCUT2D eigenvalue weighted by molar-refractivity contribution is 5.83. The normalized spacial score (nSPS) is 16.2. The van der Waals surface area contributed by atoms with E-state index in [4.69, 9.17) is 4.74 Å². The Bertz CT molecular complexity index is 896. The summed E-state index contributed by atoms with van der Waals surface area (Å²) in [5, 5.41) is 24.8. The summed E-state index contributed by atoms with van der Waals surface area (Å²) in [6, 6.07) is 15.7. The van der Waals surface area contributed by atoms with E-state index in [0.29, 0.717) is 31.6 Å². The summed E-state index contributed by atoms with van der Waals surface area (Å²) in [5.74, 6) is -0.277. The lowest BCUT2D eigenvalue weighted by molar-refractivity contribution is -0.384. The lowest BCUT2D eigenvalue weighted by atomic mass is 9.96. The van der Waals surface area contributed by atoms with Crippen LogP contribution in [0.15, 0.2) is 59.7 Å². The van der Waals surface area contributed by atoms with Crippen LogP contribution >= 0.6 is 0 Å². The second-order valence-electron chi connectivity index (χ2n) is 7.81. The predicted molar refractivity (Wildman–Crippen MR) is 120 cm³/mol. The maximum Gasteiger partial charge on any atom is 0.269 e. The van der Waals surface area contributed by atoms with E-state index < -0.39 is 11.0 Å². The van der Waals surface area contributed by atoms with Gasteiger partial charge in [0.25, 0.3) is 5.69 Å². The number of benzene rings is 2. The summed E-state index contributed by atoms with van der Waals surface area (Å²) in [7, 11) is 0. The molecule has 0 bridgehead atoms. The first-order chi connectivity index (χ1) is 15.5. The van der Waals surface area contributed by atoms with Crippen molar-refractivity contribution < 1.29 is 19.6 Å². The number of amides is 1. The number of hydrogen-bond acceptors (Lipinski definition) is 7. The Balaban J connectivity index is 1.32. The van der Waals surface area contributed by atoms with Gasteiger partial charge in [-0.1, -0.05) is 30.3 Å². The quantitative estimate of drug-likeness (QED) is 0.333. The molecule has 1 amide bonds. The number of hydrogen-bond donors (Lipinski definition) is 2. The van der Waals surface area contributed by atoms with Gasteiger partial charge in [-0.15, -0.1) is 0 Å². The van der Waals surface area contributed by atoms with Crippen LogP contribution in [0.5, 0.6) is 0 Å². The second kappa shape index (κ2) is 12.0. The minimum absolute atomic E-state index is 0.00539. The van der Waals surface area contributed by atoms with Gasteiger partial charge in [0, 0.05) is 24.6 Å². The molecule has 3 rings (SSSR count). The summed E-state index contributed by atoms with van der Waals surface area (Å²) < 4.78 is 5.59. The zero-order chi connectivity index (χ0) is 22.8. The van der Waals surface area contributed by atoms with Gasteiger partial charge in [0.15, 0.2) is 0 Å². The molecule has 2 N–H and O–H groups in total. The maximum absolute atomic E-state index is 12.3. The Morgan fingerprint density at radius 2 is 1.91 bits per heavy atom. The van der Waals surface area contributed by atoms with Gasteiger partial charge >= 0.3 is 0 Å². The first-order valence-corrected chi connectivity index (χ1v) is 10.6. The summed E-state index contributed by atoms with van der Waals surface area (Å²) in [6.07, 6.45) is 2.27. The highest BCUT2D eigenvalue weighted by Gasteiger charge is 2.25. The molecule has 0 radical (unpaired) electrons. The molecular weight excluding hydrogens is 412 g/mol. The lowest BCUT2D eigenvalue weighted by Gasteiger charge is -2.32. The minimum atomic E-state index is -0.574. The fourth-order valence-corrected chi connectivity index (χ4v) is 3.56. The lowest BCUT2D eigenvalue weighted by Crippen LogP contribution is -2.43. The van der Waals surface area contributed by atoms with Gasteiger partial charge in [0.1, 0.15) is 0 Å². The average Bonchev–Trinajstić information content (AvgIpc) is 2.80. The molecule has 0 aliphatic carbocycles. The number of nitrogens with zero attached hydrogens (tertiary/aromatic N) is 3. The number of nitro groups is 1. The maximum atomic E-state index is 12.3. The molecule has 170 valence electrons. The molecule has 32 heavy (non-hydrogen) atoms. The highest BCUT2D eigenvalue weighted by atomic mass is 16.6. The molecule has 1 aliphatic heterocycles. The molecule has 0 unspecified atom stereocenters. The third-order valence-electron chi connectivity index (χ3n) is 5.34. The van der Waals surface area contributed by atoms with Crippen molar-refractivity contribution in [1.82, 2.24) is 10.3 Å². The van der Waals surface area contributed by atoms with Crippen LogP contribution < -0.4 is 5.43 Å². The number of likely N-dealkylation sites (tertiary alicyclic amines) is 1.